The van der Waals surface area contributed by atoms with E-state index in [1.54, 1.807) is 6.92 Å². The fourth-order valence-electron chi connectivity index (χ4n) is 3.01. The summed E-state index contributed by atoms with van der Waals surface area (Å²) in [6.07, 6.45) is 6.25. The smallest absolute Gasteiger partial charge is 0.167 e. The van der Waals surface area contributed by atoms with Gasteiger partial charge in [0.1, 0.15) is 5.69 Å². The predicted molar refractivity (Wildman–Crippen MR) is 105 cm³/mol. The van der Waals surface area contributed by atoms with Gasteiger partial charge in [-0.15, -0.1) is 0 Å². The fourth-order valence-corrected chi connectivity index (χ4v) is 3.01. The number of nitrogens with zero attached hydrogens (tertiary/aromatic N) is 1. The van der Waals surface area contributed by atoms with E-state index in [1.807, 2.05) is 30.3 Å². The highest BCUT2D eigenvalue weighted by Crippen LogP contribution is 2.26. The minimum Gasteiger partial charge on any atom is -0.356 e. The molecule has 0 N–H and O–H groups in total. The van der Waals surface area contributed by atoms with E-state index in [9.17, 15) is 4.79 Å². The van der Waals surface area contributed by atoms with Gasteiger partial charge in [-0.3, -0.25) is 4.79 Å². The van der Waals surface area contributed by atoms with Gasteiger partial charge in [0, 0.05) is 22.8 Å². The van der Waals surface area contributed by atoms with Crippen molar-refractivity contribution in [2.24, 2.45) is 0 Å². The number of hydrogen-bond acceptors (Lipinski definition) is 3. The Kier molecular flexibility index (Phi) is 6.00. The average Bonchev–Trinajstić information content (AvgIpc) is 3.16. The zero-order chi connectivity index (χ0) is 18.4. The van der Waals surface area contributed by atoms with E-state index in [4.69, 9.17) is 4.52 Å². The number of ketones is 1. The summed E-state index contributed by atoms with van der Waals surface area (Å²) in [5.41, 5.74) is 4.81. The van der Waals surface area contributed by atoms with E-state index in [0.717, 1.165) is 29.0 Å². The summed E-state index contributed by atoms with van der Waals surface area (Å²) in [5, 5.41) is 4.17. The van der Waals surface area contributed by atoms with Crippen LogP contribution >= 0.6 is 0 Å². The Bertz CT molecular complexity index is 845. The number of aryl methyl sites for hydroxylation is 1. The van der Waals surface area contributed by atoms with Gasteiger partial charge < -0.3 is 4.52 Å². The highest BCUT2D eigenvalue weighted by molar-refractivity contribution is 5.94. The van der Waals surface area contributed by atoms with Crippen LogP contribution in [0, 0.1) is 0 Å². The standard InChI is InChI=1S/C23H25NO2/c1-3-4-5-6-7-18-8-10-21(11-9-18)23-16-22(24-26-23)20-14-12-19(13-15-20)17(2)25/h8-16H,3-7H2,1-2H3. The van der Waals surface area contributed by atoms with E-state index in [1.165, 1.54) is 31.2 Å². The molecular formula is C23H25NO2. The normalized spacial score (nSPS) is 10.8. The first-order chi connectivity index (χ1) is 12.7. The minimum absolute atomic E-state index is 0.0622. The van der Waals surface area contributed by atoms with Gasteiger partial charge in [0.15, 0.2) is 11.5 Å². The molecule has 3 aromatic rings. The molecule has 2 aromatic carbocycles. The Labute approximate surface area is 155 Å². The molecule has 3 rings (SSSR count). The van der Waals surface area contributed by atoms with Crippen molar-refractivity contribution in [2.75, 3.05) is 0 Å². The number of benzene rings is 2. The molecule has 134 valence electrons. The monoisotopic (exact) mass is 347 g/mol. The van der Waals surface area contributed by atoms with Crippen LogP contribution in [0.25, 0.3) is 22.6 Å². The lowest BCUT2D eigenvalue weighted by Gasteiger charge is -2.02. The van der Waals surface area contributed by atoms with Crippen molar-refractivity contribution in [3.8, 4) is 22.6 Å². The maximum atomic E-state index is 11.4. The topological polar surface area (TPSA) is 43.1 Å². The summed E-state index contributed by atoms with van der Waals surface area (Å²) >= 11 is 0. The SMILES string of the molecule is CCCCCCc1ccc(-c2cc(-c3ccc(C(C)=O)cc3)no2)cc1. The van der Waals surface area contributed by atoms with Crippen molar-refractivity contribution in [1.29, 1.82) is 0 Å². The summed E-state index contributed by atoms with van der Waals surface area (Å²) < 4.78 is 5.52. The second-order valence-corrected chi connectivity index (χ2v) is 6.72. The molecule has 0 aliphatic carbocycles. The van der Waals surface area contributed by atoms with E-state index in [2.05, 4.69) is 36.3 Å². The van der Waals surface area contributed by atoms with Crippen molar-refractivity contribution in [2.45, 2.75) is 46.0 Å². The Hall–Kier alpha value is -2.68. The maximum Gasteiger partial charge on any atom is 0.167 e. The maximum absolute atomic E-state index is 11.4. The van der Waals surface area contributed by atoms with E-state index in [0.29, 0.717) is 5.56 Å². The lowest BCUT2D eigenvalue weighted by atomic mass is 10.0. The third kappa shape index (κ3) is 4.48. The molecule has 0 aliphatic heterocycles. The van der Waals surface area contributed by atoms with Crippen molar-refractivity contribution in [3.63, 3.8) is 0 Å². The van der Waals surface area contributed by atoms with Crippen LogP contribution in [-0.2, 0) is 6.42 Å². The number of carbonyl (C=O) groups excluding carboxylic acids is 1. The second-order valence-electron chi connectivity index (χ2n) is 6.72. The van der Waals surface area contributed by atoms with Crippen LogP contribution in [0.4, 0.5) is 0 Å². The van der Waals surface area contributed by atoms with Gasteiger partial charge in [-0.1, -0.05) is 79.9 Å². The van der Waals surface area contributed by atoms with Crippen LogP contribution < -0.4 is 0 Å². The van der Waals surface area contributed by atoms with E-state index in [-0.39, 0.29) is 5.78 Å². The Balaban J connectivity index is 1.68. The number of unbranched alkanes of at least 4 members (excludes halogenated alkanes) is 3. The van der Waals surface area contributed by atoms with Crippen LogP contribution in [-0.4, -0.2) is 10.9 Å². The molecule has 26 heavy (non-hydrogen) atoms. The summed E-state index contributed by atoms with van der Waals surface area (Å²) in [7, 11) is 0. The van der Waals surface area contributed by atoms with Crippen LogP contribution in [0.3, 0.4) is 0 Å². The molecule has 0 bridgehead atoms. The molecule has 3 nitrogen and oxygen atoms in total. The van der Waals surface area contributed by atoms with Crippen molar-refractivity contribution >= 4 is 5.78 Å². The van der Waals surface area contributed by atoms with Gasteiger partial charge in [-0.2, -0.15) is 0 Å². The Morgan fingerprint density at radius 2 is 1.62 bits per heavy atom. The quantitative estimate of drug-likeness (QED) is 0.353. The molecule has 0 amide bonds. The van der Waals surface area contributed by atoms with Crippen LogP contribution in [0.2, 0.25) is 0 Å². The highest BCUT2D eigenvalue weighted by Gasteiger charge is 2.09. The summed E-state index contributed by atoms with van der Waals surface area (Å²) in [6.45, 7) is 3.80. The van der Waals surface area contributed by atoms with Crippen molar-refractivity contribution in [1.82, 2.24) is 5.16 Å². The van der Waals surface area contributed by atoms with Crippen molar-refractivity contribution in [3.05, 3.63) is 65.7 Å². The largest absolute Gasteiger partial charge is 0.356 e. The third-order valence-electron chi connectivity index (χ3n) is 4.65. The second kappa shape index (κ2) is 8.61. The predicted octanol–water partition coefficient (Wildman–Crippen LogP) is 6.33. The molecule has 0 saturated carbocycles. The Morgan fingerprint density at radius 1 is 0.923 bits per heavy atom. The number of Topliss-reactive ketones (excluding diaryl/α,β-unsaturated/α-hetero) is 1. The van der Waals surface area contributed by atoms with Crippen LogP contribution in [0.15, 0.2) is 59.1 Å². The zero-order valence-corrected chi connectivity index (χ0v) is 15.5. The molecule has 1 aromatic heterocycles. The molecular weight excluding hydrogens is 322 g/mol. The van der Waals surface area contributed by atoms with E-state index < -0.39 is 0 Å². The number of rotatable bonds is 8. The first-order valence-corrected chi connectivity index (χ1v) is 9.35. The summed E-state index contributed by atoms with van der Waals surface area (Å²) in [4.78, 5) is 11.4. The van der Waals surface area contributed by atoms with Crippen molar-refractivity contribution < 1.29 is 9.32 Å². The van der Waals surface area contributed by atoms with Gasteiger partial charge in [0.25, 0.3) is 0 Å². The Morgan fingerprint density at radius 3 is 2.27 bits per heavy atom. The van der Waals surface area contributed by atoms with Gasteiger partial charge >= 0.3 is 0 Å². The van der Waals surface area contributed by atoms with Gasteiger partial charge in [0.05, 0.1) is 0 Å². The molecule has 0 radical (unpaired) electrons. The molecule has 0 spiro atoms. The van der Waals surface area contributed by atoms with E-state index >= 15 is 0 Å². The summed E-state index contributed by atoms with van der Waals surface area (Å²) in [6, 6.07) is 17.9. The molecule has 3 heteroatoms. The van der Waals surface area contributed by atoms with Gasteiger partial charge in [-0.05, 0) is 25.3 Å². The lowest BCUT2D eigenvalue weighted by molar-refractivity contribution is 0.101. The van der Waals surface area contributed by atoms with Gasteiger partial charge in [-0.25, -0.2) is 0 Å². The molecule has 0 atom stereocenters. The zero-order valence-electron chi connectivity index (χ0n) is 15.5. The molecule has 0 saturated heterocycles. The molecule has 0 fully saturated rings. The lowest BCUT2D eigenvalue weighted by Crippen LogP contribution is -1.90. The highest BCUT2D eigenvalue weighted by atomic mass is 16.5. The molecule has 0 aliphatic rings. The molecule has 1 heterocycles. The van der Waals surface area contributed by atoms with Crippen LogP contribution in [0.5, 0.6) is 0 Å². The summed E-state index contributed by atoms with van der Waals surface area (Å²) in [5.74, 6) is 0.820. The number of hydrogen-bond donors (Lipinski definition) is 0. The minimum atomic E-state index is 0.0622. The van der Waals surface area contributed by atoms with Gasteiger partial charge in [0.2, 0.25) is 0 Å². The average molecular weight is 347 g/mol. The van der Waals surface area contributed by atoms with Crippen LogP contribution in [0.1, 0.15) is 55.5 Å². The first kappa shape index (κ1) is 18.1. The first-order valence-electron chi connectivity index (χ1n) is 9.35. The molecule has 0 unspecified atom stereocenters. The fraction of sp³-hybridized carbons (Fsp3) is 0.304. The number of carbonyl (C=O) groups is 1. The number of aromatic nitrogens is 1. The third-order valence-corrected chi connectivity index (χ3v) is 4.65.